The van der Waals surface area contributed by atoms with Crippen molar-refractivity contribution in [1.29, 1.82) is 0 Å². The van der Waals surface area contributed by atoms with Crippen LogP contribution >= 0.6 is 0 Å². The third kappa shape index (κ3) is 4.45. The van der Waals surface area contributed by atoms with Gasteiger partial charge in [0.05, 0.1) is 5.69 Å². The minimum Gasteiger partial charge on any atom is -0.481 e. The van der Waals surface area contributed by atoms with E-state index in [1.54, 1.807) is 12.4 Å². The molecule has 2 aromatic rings. The standard InChI is InChI=1S/C15H17N3O3/c19-14(20)6-1-2-8-17-15(21)18-13-5-3-4-11-7-9-16-10-12(11)13/h3-5,7,9-10H,1-2,6,8H2,(H,19,20)(H2,17,18,21). The number of rotatable bonds is 6. The summed E-state index contributed by atoms with van der Waals surface area (Å²) in [6.07, 6.45) is 4.72. The number of carboxylic acid groups (broad SMARTS) is 1. The van der Waals surface area contributed by atoms with Gasteiger partial charge in [0.1, 0.15) is 0 Å². The van der Waals surface area contributed by atoms with Crippen molar-refractivity contribution in [2.75, 3.05) is 11.9 Å². The van der Waals surface area contributed by atoms with Crippen molar-refractivity contribution >= 4 is 28.5 Å². The number of aromatic nitrogens is 1. The lowest BCUT2D eigenvalue weighted by Crippen LogP contribution is -2.29. The smallest absolute Gasteiger partial charge is 0.319 e. The predicted molar refractivity (Wildman–Crippen MR) is 80.3 cm³/mol. The number of carbonyl (C=O) groups is 2. The number of urea groups is 1. The molecule has 2 rings (SSSR count). The number of hydrogen-bond acceptors (Lipinski definition) is 3. The van der Waals surface area contributed by atoms with E-state index in [2.05, 4.69) is 15.6 Å². The number of pyridine rings is 1. The topological polar surface area (TPSA) is 91.3 Å². The molecule has 0 radical (unpaired) electrons. The number of amides is 2. The molecule has 0 atom stereocenters. The van der Waals surface area contributed by atoms with Gasteiger partial charge in [-0.1, -0.05) is 12.1 Å². The first-order valence-electron chi connectivity index (χ1n) is 6.76. The van der Waals surface area contributed by atoms with Gasteiger partial charge in [-0.15, -0.1) is 0 Å². The van der Waals surface area contributed by atoms with Crippen LogP contribution in [0.25, 0.3) is 10.8 Å². The number of anilines is 1. The lowest BCUT2D eigenvalue weighted by atomic mass is 10.1. The average molecular weight is 287 g/mol. The van der Waals surface area contributed by atoms with Crippen LogP contribution in [-0.4, -0.2) is 28.6 Å². The van der Waals surface area contributed by atoms with Crippen molar-refractivity contribution in [1.82, 2.24) is 10.3 Å². The summed E-state index contributed by atoms with van der Waals surface area (Å²) in [5, 5.41) is 15.9. The molecule has 1 heterocycles. The zero-order valence-electron chi connectivity index (χ0n) is 11.5. The number of carboxylic acids is 1. The highest BCUT2D eigenvalue weighted by Gasteiger charge is 2.05. The van der Waals surface area contributed by atoms with Crippen molar-refractivity contribution in [3.8, 4) is 0 Å². The Balaban J connectivity index is 1.86. The normalized spacial score (nSPS) is 10.3. The van der Waals surface area contributed by atoms with E-state index in [1.807, 2.05) is 24.3 Å². The number of unbranched alkanes of at least 4 members (excludes halogenated alkanes) is 1. The van der Waals surface area contributed by atoms with Gasteiger partial charge in [-0.05, 0) is 30.4 Å². The van der Waals surface area contributed by atoms with E-state index in [4.69, 9.17) is 5.11 Å². The van der Waals surface area contributed by atoms with E-state index in [0.717, 1.165) is 10.8 Å². The molecule has 0 aliphatic carbocycles. The Bertz CT molecular complexity index is 638. The first kappa shape index (κ1) is 14.8. The molecule has 21 heavy (non-hydrogen) atoms. The van der Waals surface area contributed by atoms with Crippen molar-refractivity contribution in [3.63, 3.8) is 0 Å². The number of nitrogens with zero attached hydrogens (tertiary/aromatic N) is 1. The lowest BCUT2D eigenvalue weighted by molar-refractivity contribution is -0.137. The van der Waals surface area contributed by atoms with Gasteiger partial charge < -0.3 is 15.7 Å². The van der Waals surface area contributed by atoms with Crippen LogP contribution in [0.1, 0.15) is 19.3 Å². The van der Waals surface area contributed by atoms with E-state index < -0.39 is 5.97 Å². The molecule has 0 spiro atoms. The van der Waals surface area contributed by atoms with E-state index in [0.29, 0.717) is 25.1 Å². The molecule has 2 amide bonds. The molecule has 3 N–H and O–H groups in total. The number of hydrogen-bond donors (Lipinski definition) is 3. The minimum absolute atomic E-state index is 0.123. The predicted octanol–water partition coefficient (Wildman–Crippen LogP) is 2.61. The number of aliphatic carboxylic acids is 1. The zero-order valence-corrected chi connectivity index (χ0v) is 11.5. The lowest BCUT2D eigenvalue weighted by Gasteiger charge is -2.09. The highest BCUT2D eigenvalue weighted by Crippen LogP contribution is 2.21. The zero-order chi connectivity index (χ0) is 15.1. The summed E-state index contributed by atoms with van der Waals surface area (Å²) in [6.45, 7) is 0.447. The Morgan fingerprint density at radius 3 is 2.86 bits per heavy atom. The van der Waals surface area contributed by atoms with Crippen LogP contribution in [0.4, 0.5) is 10.5 Å². The van der Waals surface area contributed by atoms with Gasteiger partial charge >= 0.3 is 12.0 Å². The first-order valence-corrected chi connectivity index (χ1v) is 6.76. The Labute approximate surface area is 122 Å². The van der Waals surface area contributed by atoms with E-state index in [-0.39, 0.29) is 12.5 Å². The molecule has 6 heteroatoms. The summed E-state index contributed by atoms with van der Waals surface area (Å²) < 4.78 is 0. The molecule has 0 bridgehead atoms. The van der Waals surface area contributed by atoms with Crippen LogP contribution in [0, 0.1) is 0 Å². The van der Waals surface area contributed by atoms with Gasteiger partial charge in [-0.3, -0.25) is 9.78 Å². The molecule has 1 aromatic heterocycles. The van der Waals surface area contributed by atoms with Gasteiger partial charge in [0.25, 0.3) is 0 Å². The fraction of sp³-hybridized carbons (Fsp3) is 0.267. The largest absolute Gasteiger partial charge is 0.481 e. The Morgan fingerprint density at radius 2 is 2.05 bits per heavy atom. The van der Waals surface area contributed by atoms with Crippen LogP contribution in [0.15, 0.2) is 36.7 Å². The van der Waals surface area contributed by atoms with Crippen molar-refractivity contribution in [2.24, 2.45) is 0 Å². The van der Waals surface area contributed by atoms with Gasteiger partial charge in [0.2, 0.25) is 0 Å². The summed E-state index contributed by atoms with van der Waals surface area (Å²) >= 11 is 0. The Kier molecular flexibility index (Phi) is 5.09. The van der Waals surface area contributed by atoms with Crippen LogP contribution in [0.5, 0.6) is 0 Å². The first-order chi connectivity index (χ1) is 10.2. The van der Waals surface area contributed by atoms with Crippen LogP contribution < -0.4 is 10.6 Å². The van der Waals surface area contributed by atoms with Crippen molar-refractivity contribution in [3.05, 3.63) is 36.7 Å². The minimum atomic E-state index is -0.817. The van der Waals surface area contributed by atoms with E-state index in [9.17, 15) is 9.59 Å². The molecule has 6 nitrogen and oxygen atoms in total. The monoisotopic (exact) mass is 287 g/mol. The molecule has 0 unspecified atom stereocenters. The molecule has 0 aliphatic heterocycles. The molecular formula is C15H17N3O3. The van der Waals surface area contributed by atoms with Gasteiger partial charge in [-0.2, -0.15) is 0 Å². The summed E-state index contributed by atoms with van der Waals surface area (Å²) in [4.78, 5) is 26.2. The Morgan fingerprint density at radius 1 is 1.19 bits per heavy atom. The molecular weight excluding hydrogens is 270 g/mol. The maximum absolute atomic E-state index is 11.8. The second-order valence-electron chi connectivity index (χ2n) is 4.63. The van der Waals surface area contributed by atoms with Gasteiger partial charge in [0.15, 0.2) is 0 Å². The van der Waals surface area contributed by atoms with Gasteiger partial charge in [-0.25, -0.2) is 4.79 Å². The molecule has 0 saturated heterocycles. The molecule has 110 valence electrons. The van der Waals surface area contributed by atoms with Crippen LogP contribution in [0.3, 0.4) is 0 Å². The molecule has 0 aliphatic rings. The number of fused-ring (bicyclic) bond motifs is 1. The third-order valence-corrected chi connectivity index (χ3v) is 3.03. The summed E-state index contributed by atoms with van der Waals surface area (Å²) in [5.74, 6) is -0.817. The third-order valence-electron chi connectivity index (χ3n) is 3.03. The molecule has 1 aromatic carbocycles. The molecule has 0 saturated carbocycles. The fourth-order valence-electron chi connectivity index (χ4n) is 1.99. The average Bonchev–Trinajstić information content (AvgIpc) is 2.47. The number of nitrogens with one attached hydrogen (secondary N) is 2. The second-order valence-corrected chi connectivity index (χ2v) is 4.63. The van der Waals surface area contributed by atoms with Gasteiger partial charge in [0, 0.05) is 30.7 Å². The van der Waals surface area contributed by atoms with E-state index in [1.165, 1.54) is 0 Å². The quantitative estimate of drug-likeness (QED) is 0.712. The second kappa shape index (κ2) is 7.23. The fourth-order valence-corrected chi connectivity index (χ4v) is 1.99. The number of carbonyl (C=O) groups excluding carboxylic acids is 1. The summed E-state index contributed by atoms with van der Waals surface area (Å²) in [6, 6.07) is 7.21. The highest BCUT2D eigenvalue weighted by molar-refractivity contribution is 6.01. The number of benzene rings is 1. The molecule has 0 fully saturated rings. The maximum Gasteiger partial charge on any atom is 0.319 e. The highest BCUT2D eigenvalue weighted by atomic mass is 16.4. The van der Waals surface area contributed by atoms with Crippen LogP contribution in [-0.2, 0) is 4.79 Å². The maximum atomic E-state index is 11.8. The van der Waals surface area contributed by atoms with E-state index >= 15 is 0 Å². The summed E-state index contributed by atoms with van der Waals surface area (Å²) in [7, 11) is 0. The Hall–Kier alpha value is -2.63. The van der Waals surface area contributed by atoms with Crippen molar-refractivity contribution in [2.45, 2.75) is 19.3 Å². The summed E-state index contributed by atoms with van der Waals surface area (Å²) in [5.41, 5.74) is 0.698. The van der Waals surface area contributed by atoms with Crippen LogP contribution in [0.2, 0.25) is 0 Å². The van der Waals surface area contributed by atoms with Crippen molar-refractivity contribution < 1.29 is 14.7 Å². The SMILES string of the molecule is O=C(O)CCCCNC(=O)Nc1cccc2ccncc12.